The minimum atomic E-state index is -0.349. The van der Waals surface area contributed by atoms with Gasteiger partial charge < -0.3 is 5.32 Å². The second-order valence-electron chi connectivity index (χ2n) is 3.71. The standard InChI is InChI=1S/C13H9BrCl2FN/c14-11-5-9(15)2-1-8(11)7-18-13-4-3-10(17)6-12(13)16/h1-6,18H,7H2. The number of nitrogens with one attached hydrogen (secondary N) is 1. The lowest BCUT2D eigenvalue weighted by Gasteiger charge is -2.10. The quantitative estimate of drug-likeness (QED) is 0.771. The van der Waals surface area contributed by atoms with Gasteiger partial charge in [-0.15, -0.1) is 0 Å². The second-order valence-corrected chi connectivity index (χ2v) is 5.41. The van der Waals surface area contributed by atoms with E-state index in [9.17, 15) is 4.39 Å². The van der Waals surface area contributed by atoms with Crippen molar-refractivity contribution in [3.05, 3.63) is 62.3 Å². The van der Waals surface area contributed by atoms with Crippen molar-refractivity contribution in [2.45, 2.75) is 6.54 Å². The van der Waals surface area contributed by atoms with Crippen molar-refractivity contribution in [2.75, 3.05) is 5.32 Å². The van der Waals surface area contributed by atoms with Gasteiger partial charge in [0.15, 0.2) is 0 Å². The average molecular weight is 349 g/mol. The lowest BCUT2D eigenvalue weighted by atomic mass is 10.2. The Bertz CT molecular complexity index is 523. The lowest BCUT2D eigenvalue weighted by Crippen LogP contribution is -2.00. The number of hydrogen-bond acceptors (Lipinski definition) is 1. The number of hydrogen-bond donors (Lipinski definition) is 1. The van der Waals surface area contributed by atoms with Gasteiger partial charge in [-0.1, -0.05) is 45.2 Å². The molecular formula is C13H9BrCl2FN. The fourth-order valence-corrected chi connectivity index (χ4v) is 2.55. The molecule has 0 fully saturated rings. The van der Waals surface area contributed by atoms with E-state index in [1.54, 1.807) is 6.07 Å². The third kappa shape index (κ3) is 3.37. The highest BCUT2D eigenvalue weighted by Gasteiger charge is 2.04. The van der Waals surface area contributed by atoms with Gasteiger partial charge in [-0.05, 0) is 35.9 Å². The molecule has 18 heavy (non-hydrogen) atoms. The van der Waals surface area contributed by atoms with Gasteiger partial charge in [0.1, 0.15) is 5.82 Å². The van der Waals surface area contributed by atoms with Crippen LogP contribution in [0.1, 0.15) is 5.56 Å². The molecule has 1 nitrogen and oxygen atoms in total. The van der Waals surface area contributed by atoms with Crippen LogP contribution in [0.3, 0.4) is 0 Å². The van der Waals surface area contributed by atoms with Crippen molar-refractivity contribution in [3.63, 3.8) is 0 Å². The Hall–Kier alpha value is -0.770. The zero-order valence-electron chi connectivity index (χ0n) is 9.18. The molecule has 0 spiro atoms. The zero-order chi connectivity index (χ0) is 13.1. The van der Waals surface area contributed by atoms with Crippen molar-refractivity contribution in [2.24, 2.45) is 0 Å². The smallest absolute Gasteiger partial charge is 0.124 e. The summed E-state index contributed by atoms with van der Waals surface area (Å²) in [5.74, 6) is -0.349. The molecular weight excluding hydrogens is 340 g/mol. The molecule has 0 saturated carbocycles. The fraction of sp³-hybridized carbons (Fsp3) is 0.0769. The molecule has 2 aromatic carbocycles. The maximum Gasteiger partial charge on any atom is 0.124 e. The molecule has 0 saturated heterocycles. The number of rotatable bonds is 3. The van der Waals surface area contributed by atoms with Gasteiger partial charge in [0.25, 0.3) is 0 Å². The van der Waals surface area contributed by atoms with Crippen LogP contribution in [0.15, 0.2) is 40.9 Å². The van der Waals surface area contributed by atoms with Gasteiger partial charge in [0.05, 0.1) is 10.7 Å². The highest BCUT2D eigenvalue weighted by molar-refractivity contribution is 9.10. The minimum absolute atomic E-state index is 0.349. The van der Waals surface area contributed by atoms with Crippen LogP contribution in [-0.2, 0) is 6.54 Å². The second kappa shape index (κ2) is 5.91. The number of benzene rings is 2. The normalized spacial score (nSPS) is 10.4. The molecule has 0 aliphatic rings. The SMILES string of the molecule is Fc1ccc(NCc2ccc(Cl)cc2Br)c(Cl)c1. The summed E-state index contributed by atoms with van der Waals surface area (Å²) in [6.45, 7) is 0.573. The average Bonchev–Trinajstić information content (AvgIpc) is 2.30. The van der Waals surface area contributed by atoms with Gasteiger partial charge in [-0.25, -0.2) is 4.39 Å². The van der Waals surface area contributed by atoms with Crippen LogP contribution in [0.5, 0.6) is 0 Å². The highest BCUT2D eigenvalue weighted by atomic mass is 79.9. The molecule has 0 radical (unpaired) electrons. The first-order valence-electron chi connectivity index (χ1n) is 5.19. The predicted molar refractivity (Wildman–Crippen MR) is 77.9 cm³/mol. The molecule has 2 rings (SSSR count). The highest BCUT2D eigenvalue weighted by Crippen LogP contribution is 2.25. The van der Waals surface area contributed by atoms with E-state index >= 15 is 0 Å². The first-order valence-corrected chi connectivity index (χ1v) is 6.74. The first-order chi connectivity index (χ1) is 8.56. The summed E-state index contributed by atoms with van der Waals surface area (Å²) in [5, 5.41) is 4.18. The summed E-state index contributed by atoms with van der Waals surface area (Å²) in [5.41, 5.74) is 1.74. The summed E-state index contributed by atoms with van der Waals surface area (Å²) in [6, 6.07) is 9.81. The van der Waals surface area contributed by atoms with Crippen LogP contribution in [0.25, 0.3) is 0 Å². The summed E-state index contributed by atoms with van der Waals surface area (Å²) in [4.78, 5) is 0. The van der Waals surface area contributed by atoms with E-state index in [0.717, 1.165) is 10.0 Å². The van der Waals surface area contributed by atoms with Crippen molar-refractivity contribution in [1.82, 2.24) is 0 Å². The van der Waals surface area contributed by atoms with Gasteiger partial charge in [0, 0.05) is 16.0 Å². The summed E-state index contributed by atoms with van der Waals surface area (Å²) < 4.78 is 13.8. The van der Waals surface area contributed by atoms with E-state index < -0.39 is 0 Å². The Balaban J connectivity index is 2.11. The molecule has 0 heterocycles. The van der Waals surface area contributed by atoms with Gasteiger partial charge >= 0.3 is 0 Å². The van der Waals surface area contributed by atoms with Crippen LogP contribution in [0, 0.1) is 5.82 Å². The van der Waals surface area contributed by atoms with E-state index in [2.05, 4.69) is 21.2 Å². The van der Waals surface area contributed by atoms with E-state index in [1.807, 2.05) is 18.2 Å². The van der Waals surface area contributed by atoms with Crippen molar-refractivity contribution in [1.29, 1.82) is 0 Å². The Morgan fingerprint density at radius 3 is 2.56 bits per heavy atom. The van der Waals surface area contributed by atoms with Gasteiger partial charge in [-0.2, -0.15) is 0 Å². The van der Waals surface area contributed by atoms with Gasteiger partial charge in [-0.3, -0.25) is 0 Å². The number of anilines is 1. The molecule has 0 aliphatic heterocycles. The molecule has 0 aliphatic carbocycles. The maximum absolute atomic E-state index is 12.9. The van der Waals surface area contributed by atoms with E-state index in [0.29, 0.717) is 22.3 Å². The topological polar surface area (TPSA) is 12.0 Å². The van der Waals surface area contributed by atoms with Crippen LogP contribution >= 0.6 is 39.1 Å². The molecule has 0 amide bonds. The summed E-state index contributed by atoms with van der Waals surface area (Å²) in [7, 11) is 0. The van der Waals surface area contributed by atoms with Gasteiger partial charge in [0.2, 0.25) is 0 Å². The molecule has 0 aromatic heterocycles. The molecule has 5 heteroatoms. The van der Waals surface area contributed by atoms with Crippen LogP contribution in [-0.4, -0.2) is 0 Å². The Labute approximate surface area is 123 Å². The van der Waals surface area contributed by atoms with Crippen molar-refractivity contribution < 1.29 is 4.39 Å². The molecule has 0 bridgehead atoms. The Kier molecular flexibility index (Phi) is 4.49. The summed E-state index contributed by atoms with van der Waals surface area (Å²) in [6.07, 6.45) is 0. The first kappa shape index (κ1) is 13.7. The van der Waals surface area contributed by atoms with Crippen LogP contribution < -0.4 is 5.32 Å². The number of halogens is 4. The third-order valence-corrected chi connectivity index (χ3v) is 3.70. The zero-order valence-corrected chi connectivity index (χ0v) is 12.3. The fourth-order valence-electron chi connectivity index (χ4n) is 1.49. The lowest BCUT2D eigenvalue weighted by molar-refractivity contribution is 0.628. The largest absolute Gasteiger partial charge is 0.380 e. The monoisotopic (exact) mass is 347 g/mol. The van der Waals surface area contributed by atoms with E-state index in [-0.39, 0.29) is 5.82 Å². The van der Waals surface area contributed by atoms with Crippen LogP contribution in [0.2, 0.25) is 10.0 Å². The third-order valence-electron chi connectivity index (χ3n) is 2.42. The molecule has 2 aromatic rings. The summed E-state index contributed by atoms with van der Waals surface area (Å²) >= 11 is 15.2. The predicted octanol–water partition coefficient (Wildman–Crippen LogP) is 5.51. The van der Waals surface area contributed by atoms with E-state index in [4.69, 9.17) is 23.2 Å². The molecule has 94 valence electrons. The van der Waals surface area contributed by atoms with Crippen molar-refractivity contribution in [3.8, 4) is 0 Å². The molecule has 0 atom stereocenters. The molecule has 1 N–H and O–H groups in total. The molecule has 0 unspecified atom stereocenters. The minimum Gasteiger partial charge on any atom is -0.380 e. The maximum atomic E-state index is 12.9. The van der Waals surface area contributed by atoms with Crippen molar-refractivity contribution >= 4 is 44.8 Å². The Morgan fingerprint density at radius 1 is 1.11 bits per heavy atom. The Morgan fingerprint density at radius 2 is 1.89 bits per heavy atom. The van der Waals surface area contributed by atoms with E-state index in [1.165, 1.54) is 12.1 Å². The van der Waals surface area contributed by atoms with Crippen LogP contribution in [0.4, 0.5) is 10.1 Å².